The number of aromatic nitrogens is 2. The van der Waals surface area contributed by atoms with Gasteiger partial charge in [0, 0.05) is 16.7 Å². The maximum Gasteiger partial charge on any atom is 0.182 e. The SMILES string of the molecule is c1ccc(-c2cc(-c3ccc(-c4cccc5ncoc45)cc3)cc(-c3ccc(C45CC6CC(CC(C6)C4)C5)cc3)n2)cc1. The molecule has 4 bridgehead atoms. The Hall–Kier alpha value is -4.50. The van der Waals surface area contributed by atoms with E-state index in [1.807, 2.05) is 12.1 Å². The fraction of sp³-hybridized carbons (Fsp3) is 0.250. The van der Waals surface area contributed by atoms with Crippen molar-refractivity contribution in [2.24, 2.45) is 17.8 Å². The Kier molecular flexibility index (Phi) is 5.69. The quantitative estimate of drug-likeness (QED) is 0.211. The van der Waals surface area contributed by atoms with E-state index < -0.39 is 0 Å². The molecule has 6 aromatic rings. The summed E-state index contributed by atoms with van der Waals surface area (Å²) < 4.78 is 5.70. The van der Waals surface area contributed by atoms with E-state index in [9.17, 15) is 0 Å². The van der Waals surface area contributed by atoms with Crippen molar-refractivity contribution in [3.05, 3.63) is 121 Å². The Morgan fingerprint density at radius 3 is 1.84 bits per heavy atom. The second-order valence-electron chi connectivity index (χ2n) is 13.4. The van der Waals surface area contributed by atoms with E-state index in [4.69, 9.17) is 9.40 Å². The molecule has 2 aromatic heterocycles. The predicted octanol–water partition coefficient (Wildman–Crippen LogP) is 10.4. The number of nitrogens with zero attached hydrogens (tertiary/aromatic N) is 2. The van der Waals surface area contributed by atoms with E-state index in [1.54, 1.807) is 5.56 Å². The molecule has 0 radical (unpaired) electrons. The van der Waals surface area contributed by atoms with E-state index in [0.29, 0.717) is 5.41 Å². The standard InChI is InChI=1S/C40H34N2O/c1-2-5-31(6-3-1)37-20-33(29-9-11-30(12-10-29)35-7-4-8-36-39(35)43-25-41-36)21-38(42-37)32-13-15-34(16-14-32)40-22-26-17-27(23-40)19-28(18-26)24-40/h1-16,20-21,25-28H,17-19,22-24H2. The maximum atomic E-state index is 5.70. The van der Waals surface area contributed by atoms with Gasteiger partial charge in [0.15, 0.2) is 12.0 Å². The molecule has 4 aliphatic carbocycles. The van der Waals surface area contributed by atoms with Gasteiger partial charge in [-0.2, -0.15) is 0 Å². The number of fused-ring (bicyclic) bond motifs is 1. The van der Waals surface area contributed by atoms with Gasteiger partial charge in [0.2, 0.25) is 0 Å². The number of benzene rings is 4. The van der Waals surface area contributed by atoms with Gasteiger partial charge in [-0.3, -0.25) is 0 Å². The van der Waals surface area contributed by atoms with Crippen molar-refractivity contribution < 1.29 is 4.42 Å². The van der Waals surface area contributed by atoms with Crippen LogP contribution in [0, 0.1) is 17.8 Å². The highest BCUT2D eigenvalue weighted by Crippen LogP contribution is 2.60. The molecule has 3 heteroatoms. The number of para-hydroxylation sites is 1. The van der Waals surface area contributed by atoms with Gasteiger partial charge in [-0.25, -0.2) is 9.97 Å². The zero-order chi connectivity index (χ0) is 28.4. The van der Waals surface area contributed by atoms with Crippen LogP contribution in [0.5, 0.6) is 0 Å². The second kappa shape index (κ2) is 9.77. The van der Waals surface area contributed by atoms with Gasteiger partial charge in [0.1, 0.15) is 5.52 Å². The third-order valence-electron chi connectivity index (χ3n) is 10.6. The number of rotatable bonds is 5. The molecule has 2 heterocycles. The van der Waals surface area contributed by atoms with Gasteiger partial charge in [-0.15, -0.1) is 0 Å². The first-order valence-corrected chi connectivity index (χ1v) is 15.8. The van der Waals surface area contributed by atoms with Gasteiger partial charge in [0.05, 0.1) is 11.4 Å². The Morgan fingerprint density at radius 2 is 1.16 bits per heavy atom. The Balaban J connectivity index is 1.09. The molecule has 4 saturated carbocycles. The average molecular weight is 559 g/mol. The van der Waals surface area contributed by atoms with Crippen LogP contribution in [-0.4, -0.2) is 9.97 Å². The Labute approximate surface area is 252 Å². The summed E-state index contributed by atoms with van der Waals surface area (Å²) in [5.74, 6) is 2.85. The molecule has 0 unspecified atom stereocenters. The van der Waals surface area contributed by atoms with Crippen LogP contribution in [0.1, 0.15) is 44.1 Å². The summed E-state index contributed by atoms with van der Waals surface area (Å²) in [7, 11) is 0. The minimum Gasteiger partial charge on any atom is -0.443 e. The lowest BCUT2D eigenvalue weighted by molar-refractivity contribution is -0.00518. The van der Waals surface area contributed by atoms with Gasteiger partial charge < -0.3 is 4.42 Å². The average Bonchev–Trinajstić information content (AvgIpc) is 3.54. The van der Waals surface area contributed by atoms with Crippen LogP contribution in [-0.2, 0) is 5.41 Å². The van der Waals surface area contributed by atoms with Crippen LogP contribution >= 0.6 is 0 Å². The van der Waals surface area contributed by atoms with Crippen molar-refractivity contribution in [1.29, 1.82) is 0 Å². The summed E-state index contributed by atoms with van der Waals surface area (Å²) in [6, 6.07) is 39.4. The molecule has 0 spiro atoms. The van der Waals surface area contributed by atoms with E-state index >= 15 is 0 Å². The zero-order valence-electron chi connectivity index (χ0n) is 24.2. The Morgan fingerprint density at radius 1 is 0.558 bits per heavy atom. The van der Waals surface area contributed by atoms with Crippen LogP contribution < -0.4 is 0 Å². The molecule has 3 nitrogen and oxygen atoms in total. The lowest BCUT2D eigenvalue weighted by atomic mass is 9.48. The highest BCUT2D eigenvalue weighted by molar-refractivity contribution is 5.90. The highest BCUT2D eigenvalue weighted by atomic mass is 16.3. The van der Waals surface area contributed by atoms with Gasteiger partial charge >= 0.3 is 0 Å². The monoisotopic (exact) mass is 558 g/mol. The molecule has 4 aromatic carbocycles. The molecule has 43 heavy (non-hydrogen) atoms. The predicted molar refractivity (Wildman–Crippen MR) is 173 cm³/mol. The summed E-state index contributed by atoms with van der Waals surface area (Å²) in [6.07, 6.45) is 10.1. The van der Waals surface area contributed by atoms with Crippen molar-refractivity contribution in [3.8, 4) is 44.8 Å². The number of pyridine rings is 1. The van der Waals surface area contributed by atoms with Gasteiger partial charge in [-0.1, -0.05) is 91.0 Å². The van der Waals surface area contributed by atoms with Gasteiger partial charge in [-0.05, 0) is 102 Å². The molecule has 4 fully saturated rings. The highest BCUT2D eigenvalue weighted by Gasteiger charge is 2.51. The van der Waals surface area contributed by atoms with E-state index in [0.717, 1.165) is 56.9 Å². The fourth-order valence-electron chi connectivity index (χ4n) is 9.02. The fourth-order valence-corrected chi connectivity index (χ4v) is 9.02. The van der Waals surface area contributed by atoms with E-state index in [2.05, 4.69) is 102 Å². The first-order chi connectivity index (χ1) is 21.2. The largest absolute Gasteiger partial charge is 0.443 e. The van der Waals surface area contributed by atoms with Crippen molar-refractivity contribution in [1.82, 2.24) is 9.97 Å². The van der Waals surface area contributed by atoms with Crippen molar-refractivity contribution in [3.63, 3.8) is 0 Å². The molecular formula is C40H34N2O. The molecular weight excluding hydrogens is 524 g/mol. The van der Waals surface area contributed by atoms with Crippen LogP contribution in [0.25, 0.3) is 55.9 Å². The topological polar surface area (TPSA) is 38.9 Å². The normalized spacial score (nSPS) is 24.0. The first kappa shape index (κ1) is 25.0. The number of hydrogen-bond acceptors (Lipinski definition) is 3. The van der Waals surface area contributed by atoms with Crippen molar-refractivity contribution in [2.75, 3.05) is 0 Å². The summed E-state index contributed by atoms with van der Waals surface area (Å²) in [5, 5.41) is 0. The summed E-state index contributed by atoms with van der Waals surface area (Å²) in [4.78, 5) is 9.52. The smallest absolute Gasteiger partial charge is 0.182 e. The summed E-state index contributed by atoms with van der Waals surface area (Å²) >= 11 is 0. The number of hydrogen-bond donors (Lipinski definition) is 0. The molecule has 210 valence electrons. The number of oxazole rings is 1. The lowest BCUT2D eigenvalue weighted by Gasteiger charge is -2.57. The molecule has 0 amide bonds. The van der Waals surface area contributed by atoms with E-state index in [1.165, 1.54) is 61.6 Å². The zero-order valence-corrected chi connectivity index (χ0v) is 24.2. The second-order valence-corrected chi connectivity index (χ2v) is 13.4. The first-order valence-electron chi connectivity index (χ1n) is 15.8. The Bertz CT molecular complexity index is 1900. The summed E-state index contributed by atoms with van der Waals surface area (Å²) in [6.45, 7) is 0. The van der Waals surface area contributed by atoms with Crippen LogP contribution in [0.15, 0.2) is 120 Å². The third-order valence-corrected chi connectivity index (χ3v) is 10.6. The molecule has 0 N–H and O–H groups in total. The minimum absolute atomic E-state index is 0.412. The molecule has 0 saturated heterocycles. The van der Waals surface area contributed by atoms with Gasteiger partial charge in [0.25, 0.3) is 0 Å². The van der Waals surface area contributed by atoms with Crippen LogP contribution in [0.4, 0.5) is 0 Å². The van der Waals surface area contributed by atoms with Crippen molar-refractivity contribution >= 4 is 11.1 Å². The van der Waals surface area contributed by atoms with Crippen molar-refractivity contribution in [2.45, 2.75) is 43.9 Å². The summed E-state index contributed by atoms with van der Waals surface area (Å²) in [5.41, 5.74) is 12.5. The molecule has 4 aliphatic rings. The van der Waals surface area contributed by atoms with Crippen LogP contribution in [0.3, 0.4) is 0 Å². The maximum absolute atomic E-state index is 5.70. The lowest BCUT2D eigenvalue weighted by Crippen LogP contribution is -2.48. The molecule has 0 aliphatic heterocycles. The minimum atomic E-state index is 0.412. The third kappa shape index (κ3) is 4.33. The van der Waals surface area contributed by atoms with E-state index in [-0.39, 0.29) is 0 Å². The van der Waals surface area contributed by atoms with Crippen LogP contribution in [0.2, 0.25) is 0 Å². The molecule has 10 rings (SSSR count). The molecule has 0 atom stereocenters.